The van der Waals surface area contributed by atoms with Crippen LogP contribution in [0.3, 0.4) is 0 Å². The minimum absolute atomic E-state index is 0.695. The van der Waals surface area contributed by atoms with Crippen molar-refractivity contribution in [1.29, 1.82) is 0 Å². The van der Waals surface area contributed by atoms with Crippen molar-refractivity contribution in [3.63, 3.8) is 0 Å². The van der Waals surface area contributed by atoms with E-state index in [1.54, 1.807) is 12.4 Å². The molecular formula is C13H16N4. The summed E-state index contributed by atoms with van der Waals surface area (Å²) in [6, 6.07) is 0. The average molecular weight is 228 g/mol. The van der Waals surface area contributed by atoms with Crippen molar-refractivity contribution in [1.82, 2.24) is 19.9 Å². The maximum Gasteiger partial charge on any atom is 0.0679 e. The zero-order valence-electron chi connectivity index (χ0n) is 10.7. The number of aryl methyl sites for hydroxylation is 4. The molecule has 0 aliphatic carbocycles. The molecule has 0 saturated heterocycles. The van der Waals surface area contributed by atoms with Gasteiger partial charge in [-0.1, -0.05) is 0 Å². The number of hydrogen-bond donors (Lipinski definition) is 0. The van der Waals surface area contributed by atoms with Crippen molar-refractivity contribution in [2.75, 3.05) is 0 Å². The molecule has 0 spiro atoms. The number of rotatable bonds is 2. The van der Waals surface area contributed by atoms with E-state index in [1.807, 2.05) is 27.7 Å². The topological polar surface area (TPSA) is 51.6 Å². The van der Waals surface area contributed by atoms with Crippen LogP contribution < -0.4 is 0 Å². The standard InChI is InChI=1S/C13H16N4/c1-8-6-14-10(3)12(16-8)5-13-11(4)15-7-9(2)17-13/h6-7H,5H2,1-4H3. The lowest BCUT2D eigenvalue weighted by Gasteiger charge is -2.07. The van der Waals surface area contributed by atoms with E-state index in [2.05, 4.69) is 19.9 Å². The third kappa shape index (κ3) is 2.64. The van der Waals surface area contributed by atoms with Gasteiger partial charge in [0.2, 0.25) is 0 Å². The van der Waals surface area contributed by atoms with Gasteiger partial charge in [-0.2, -0.15) is 0 Å². The van der Waals surface area contributed by atoms with Crippen LogP contribution in [-0.2, 0) is 6.42 Å². The van der Waals surface area contributed by atoms with Crippen molar-refractivity contribution in [3.05, 3.63) is 46.6 Å². The molecule has 0 N–H and O–H groups in total. The Morgan fingerprint density at radius 1 is 0.765 bits per heavy atom. The van der Waals surface area contributed by atoms with E-state index in [0.717, 1.165) is 34.2 Å². The van der Waals surface area contributed by atoms with E-state index in [1.165, 1.54) is 0 Å². The monoisotopic (exact) mass is 228 g/mol. The van der Waals surface area contributed by atoms with Gasteiger partial charge in [-0.25, -0.2) is 0 Å². The first-order chi connectivity index (χ1) is 8.06. The van der Waals surface area contributed by atoms with E-state index >= 15 is 0 Å². The lowest BCUT2D eigenvalue weighted by atomic mass is 10.1. The van der Waals surface area contributed by atoms with Crippen LogP contribution in [-0.4, -0.2) is 19.9 Å². The molecule has 17 heavy (non-hydrogen) atoms. The van der Waals surface area contributed by atoms with Crippen molar-refractivity contribution >= 4 is 0 Å². The number of hydrogen-bond acceptors (Lipinski definition) is 4. The van der Waals surface area contributed by atoms with Crippen LogP contribution in [0.15, 0.2) is 12.4 Å². The quantitative estimate of drug-likeness (QED) is 0.789. The highest BCUT2D eigenvalue weighted by Crippen LogP contribution is 2.11. The normalized spacial score (nSPS) is 10.6. The van der Waals surface area contributed by atoms with E-state index in [9.17, 15) is 0 Å². The Kier molecular flexibility index (Phi) is 3.13. The van der Waals surface area contributed by atoms with Crippen LogP contribution in [0.4, 0.5) is 0 Å². The lowest BCUT2D eigenvalue weighted by molar-refractivity contribution is 0.890. The van der Waals surface area contributed by atoms with Crippen LogP contribution in [0.5, 0.6) is 0 Å². The highest BCUT2D eigenvalue weighted by Gasteiger charge is 2.08. The third-order valence-corrected chi connectivity index (χ3v) is 2.68. The predicted octanol–water partition coefficient (Wildman–Crippen LogP) is 2.09. The van der Waals surface area contributed by atoms with Gasteiger partial charge in [0.25, 0.3) is 0 Å². The summed E-state index contributed by atoms with van der Waals surface area (Å²) >= 11 is 0. The van der Waals surface area contributed by atoms with Crippen molar-refractivity contribution in [2.24, 2.45) is 0 Å². The fraction of sp³-hybridized carbons (Fsp3) is 0.385. The Morgan fingerprint density at radius 3 is 1.59 bits per heavy atom. The van der Waals surface area contributed by atoms with Crippen molar-refractivity contribution in [3.8, 4) is 0 Å². The largest absolute Gasteiger partial charge is 0.258 e. The molecular weight excluding hydrogens is 212 g/mol. The van der Waals surface area contributed by atoms with E-state index in [4.69, 9.17) is 0 Å². The molecule has 2 aromatic rings. The highest BCUT2D eigenvalue weighted by molar-refractivity contribution is 5.22. The molecule has 0 saturated carbocycles. The minimum Gasteiger partial charge on any atom is -0.258 e. The zero-order chi connectivity index (χ0) is 12.4. The van der Waals surface area contributed by atoms with Crippen molar-refractivity contribution < 1.29 is 0 Å². The molecule has 0 aliphatic rings. The Hall–Kier alpha value is -1.84. The molecule has 4 nitrogen and oxygen atoms in total. The third-order valence-electron chi connectivity index (χ3n) is 2.68. The Labute approximate surface area is 101 Å². The molecule has 0 unspecified atom stereocenters. The molecule has 0 aromatic carbocycles. The predicted molar refractivity (Wildman–Crippen MR) is 65.8 cm³/mol. The summed E-state index contributed by atoms with van der Waals surface area (Å²) in [6.45, 7) is 7.84. The number of nitrogens with zero attached hydrogens (tertiary/aromatic N) is 4. The summed E-state index contributed by atoms with van der Waals surface area (Å²) in [5.41, 5.74) is 5.74. The fourth-order valence-electron chi connectivity index (χ4n) is 1.67. The first kappa shape index (κ1) is 11.6. The Bertz CT molecular complexity index is 500. The summed E-state index contributed by atoms with van der Waals surface area (Å²) in [6.07, 6.45) is 4.27. The van der Waals surface area contributed by atoms with Gasteiger partial charge in [0.1, 0.15) is 0 Å². The van der Waals surface area contributed by atoms with Gasteiger partial charge in [-0.05, 0) is 27.7 Å². The molecule has 0 radical (unpaired) electrons. The van der Waals surface area contributed by atoms with Gasteiger partial charge in [-0.3, -0.25) is 19.9 Å². The molecule has 0 fully saturated rings. The molecule has 88 valence electrons. The highest BCUT2D eigenvalue weighted by atomic mass is 14.8. The van der Waals surface area contributed by atoms with Gasteiger partial charge in [0.05, 0.1) is 34.2 Å². The maximum atomic E-state index is 4.51. The lowest BCUT2D eigenvalue weighted by Crippen LogP contribution is -2.05. The van der Waals surface area contributed by atoms with Crippen LogP contribution >= 0.6 is 0 Å². The van der Waals surface area contributed by atoms with Gasteiger partial charge in [0, 0.05) is 18.8 Å². The van der Waals surface area contributed by atoms with Crippen molar-refractivity contribution in [2.45, 2.75) is 34.1 Å². The summed E-state index contributed by atoms with van der Waals surface area (Å²) in [5.74, 6) is 0. The molecule has 4 heteroatoms. The maximum absolute atomic E-state index is 4.51. The minimum atomic E-state index is 0.695. The van der Waals surface area contributed by atoms with Gasteiger partial charge in [-0.15, -0.1) is 0 Å². The van der Waals surface area contributed by atoms with Gasteiger partial charge >= 0.3 is 0 Å². The molecule has 0 bridgehead atoms. The molecule has 0 amide bonds. The Balaban J connectivity index is 2.37. The summed E-state index contributed by atoms with van der Waals surface area (Å²) in [5, 5.41) is 0. The summed E-state index contributed by atoms with van der Waals surface area (Å²) in [4.78, 5) is 17.6. The second-order valence-electron chi connectivity index (χ2n) is 4.26. The SMILES string of the molecule is Cc1cnc(C)c(Cc2nc(C)cnc2C)n1. The first-order valence-electron chi connectivity index (χ1n) is 5.64. The van der Waals surface area contributed by atoms with Crippen LogP contribution in [0.1, 0.15) is 34.2 Å². The molecule has 2 rings (SSSR count). The van der Waals surface area contributed by atoms with E-state index < -0.39 is 0 Å². The van der Waals surface area contributed by atoms with Crippen LogP contribution in [0.25, 0.3) is 0 Å². The van der Waals surface area contributed by atoms with Crippen LogP contribution in [0, 0.1) is 27.7 Å². The van der Waals surface area contributed by atoms with Gasteiger partial charge in [0.15, 0.2) is 0 Å². The smallest absolute Gasteiger partial charge is 0.0679 e. The Morgan fingerprint density at radius 2 is 1.18 bits per heavy atom. The second-order valence-corrected chi connectivity index (χ2v) is 4.26. The van der Waals surface area contributed by atoms with E-state index in [0.29, 0.717) is 6.42 Å². The van der Waals surface area contributed by atoms with E-state index in [-0.39, 0.29) is 0 Å². The summed E-state index contributed by atoms with van der Waals surface area (Å²) < 4.78 is 0. The van der Waals surface area contributed by atoms with Gasteiger partial charge < -0.3 is 0 Å². The first-order valence-corrected chi connectivity index (χ1v) is 5.64. The molecule has 0 aliphatic heterocycles. The average Bonchev–Trinajstić information content (AvgIpc) is 2.28. The second kappa shape index (κ2) is 4.57. The van der Waals surface area contributed by atoms with Crippen LogP contribution in [0.2, 0.25) is 0 Å². The molecule has 0 atom stereocenters. The zero-order valence-corrected chi connectivity index (χ0v) is 10.7. The summed E-state index contributed by atoms with van der Waals surface area (Å²) in [7, 11) is 0. The number of aromatic nitrogens is 4. The fourth-order valence-corrected chi connectivity index (χ4v) is 1.67. The molecule has 2 aromatic heterocycles. The molecule has 2 heterocycles.